The van der Waals surface area contributed by atoms with E-state index >= 15 is 0 Å². The highest BCUT2D eigenvalue weighted by atomic mass is 35.5. The van der Waals surface area contributed by atoms with Crippen molar-refractivity contribution in [3.8, 4) is 11.5 Å². The van der Waals surface area contributed by atoms with Gasteiger partial charge < -0.3 is 14.4 Å². The van der Waals surface area contributed by atoms with Crippen LogP contribution in [0.4, 0.5) is 8.78 Å². The monoisotopic (exact) mass is 371 g/mol. The van der Waals surface area contributed by atoms with Crippen molar-refractivity contribution in [2.45, 2.75) is 19.5 Å². The third-order valence-corrected chi connectivity index (χ3v) is 4.01. The van der Waals surface area contributed by atoms with Crippen molar-refractivity contribution >= 4 is 17.5 Å². The number of halogens is 3. The molecule has 1 aromatic heterocycles. The molecule has 0 bridgehead atoms. The molecule has 0 fully saturated rings. The predicted molar refractivity (Wildman–Crippen MR) is 86.3 cm³/mol. The van der Waals surface area contributed by atoms with Crippen molar-refractivity contribution in [2.24, 2.45) is 0 Å². The number of nitrogens with zero attached hydrogens (tertiary/aromatic N) is 3. The Labute approximate surface area is 147 Å². The van der Waals surface area contributed by atoms with E-state index in [1.807, 2.05) is 0 Å². The van der Waals surface area contributed by atoms with Crippen LogP contribution in [0.25, 0.3) is 0 Å². The largest absolute Gasteiger partial charge is 0.489 e. The Balaban J connectivity index is 1.81. The van der Waals surface area contributed by atoms with Crippen LogP contribution in [0.1, 0.15) is 29.2 Å². The van der Waals surface area contributed by atoms with E-state index in [1.165, 1.54) is 30.4 Å². The zero-order valence-electron chi connectivity index (χ0n) is 13.4. The van der Waals surface area contributed by atoms with Crippen LogP contribution in [-0.4, -0.2) is 40.6 Å². The summed E-state index contributed by atoms with van der Waals surface area (Å²) >= 11 is 6.19. The second kappa shape index (κ2) is 7.26. The fourth-order valence-electron chi connectivity index (χ4n) is 2.50. The average Bonchev–Trinajstić information content (AvgIpc) is 2.90. The van der Waals surface area contributed by atoms with Gasteiger partial charge in [0.15, 0.2) is 11.5 Å². The molecular formula is C16H16ClF2N3O3. The number of benzene rings is 1. The number of hydrogen-bond donors (Lipinski definition) is 0. The van der Waals surface area contributed by atoms with Crippen LogP contribution in [0.15, 0.2) is 24.5 Å². The summed E-state index contributed by atoms with van der Waals surface area (Å²) in [5.74, 6) is 0.509. The second-order valence-corrected chi connectivity index (χ2v) is 5.93. The number of aromatic nitrogens is 2. The van der Waals surface area contributed by atoms with Gasteiger partial charge in [0.25, 0.3) is 5.91 Å². The van der Waals surface area contributed by atoms with Crippen LogP contribution in [0, 0.1) is 0 Å². The summed E-state index contributed by atoms with van der Waals surface area (Å²) in [5.41, 5.74) is 0.284. The highest BCUT2D eigenvalue weighted by Crippen LogP contribution is 2.38. The first kappa shape index (κ1) is 17.5. The molecule has 0 radical (unpaired) electrons. The molecule has 0 unspecified atom stereocenters. The van der Waals surface area contributed by atoms with Crippen LogP contribution in [0.2, 0.25) is 5.02 Å². The molecule has 0 saturated heterocycles. The van der Waals surface area contributed by atoms with Gasteiger partial charge in [-0.2, -0.15) is 8.78 Å². The highest BCUT2D eigenvalue weighted by molar-refractivity contribution is 6.32. The van der Waals surface area contributed by atoms with Gasteiger partial charge in [0.2, 0.25) is 0 Å². The van der Waals surface area contributed by atoms with E-state index in [9.17, 15) is 13.6 Å². The first-order chi connectivity index (χ1) is 12.0. The Morgan fingerprint density at radius 2 is 2.16 bits per heavy atom. The first-order valence-electron chi connectivity index (χ1n) is 7.62. The van der Waals surface area contributed by atoms with Crippen molar-refractivity contribution in [1.29, 1.82) is 0 Å². The molecule has 25 heavy (non-hydrogen) atoms. The molecular weight excluding hydrogens is 356 g/mol. The van der Waals surface area contributed by atoms with Crippen LogP contribution in [-0.2, 0) is 6.54 Å². The van der Waals surface area contributed by atoms with Crippen molar-refractivity contribution in [2.75, 3.05) is 20.3 Å². The van der Waals surface area contributed by atoms with Gasteiger partial charge in [0.1, 0.15) is 5.82 Å². The number of hydrogen-bond acceptors (Lipinski definition) is 4. The van der Waals surface area contributed by atoms with Gasteiger partial charge in [-0.1, -0.05) is 11.6 Å². The number of rotatable bonds is 4. The van der Waals surface area contributed by atoms with Gasteiger partial charge in [-0.05, 0) is 12.1 Å². The standard InChI is InChI=1S/C16H16ClF2N3O3/c1-21(9-13-20-3-4-22(13)16(18)19)15(23)10-7-11(17)14-12(8-10)24-5-2-6-25-14/h3-4,7-8,16H,2,5-6,9H2,1H3. The summed E-state index contributed by atoms with van der Waals surface area (Å²) in [4.78, 5) is 17.8. The molecule has 0 aliphatic carbocycles. The molecule has 2 aromatic rings. The lowest BCUT2D eigenvalue weighted by Gasteiger charge is -2.19. The summed E-state index contributed by atoms with van der Waals surface area (Å²) in [7, 11) is 1.50. The maximum Gasteiger partial charge on any atom is 0.319 e. The van der Waals surface area contributed by atoms with E-state index in [-0.39, 0.29) is 28.9 Å². The van der Waals surface area contributed by atoms with Gasteiger partial charge in [-0.15, -0.1) is 0 Å². The molecule has 6 nitrogen and oxygen atoms in total. The highest BCUT2D eigenvalue weighted by Gasteiger charge is 2.22. The molecule has 3 rings (SSSR count). The minimum absolute atomic E-state index is 0.0672. The third kappa shape index (κ3) is 3.68. The number of fused-ring (bicyclic) bond motifs is 1. The Hall–Kier alpha value is -2.35. The maximum atomic E-state index is 12.9. The fourth-order valence-corrected chi connectivity index (χ4v) is 2.77. The van der Waals surface area contributed by atoms with Crippen molar-refractivity contribution in [1.82, 2.24) is 14.5 Å². The van der Waals surface area contributed by atoms with Crippen LogP contribution in [0.5, 0.6) is 11.5 Å². The van der Waals surface area contributed by atoms with E-state index in [2.05, 4.69) is 4.98 Å². The van der Waals surface area contributed by atoms with Crippen molar-refractivity contribution < 1.29 is 23.0 Å². The van der Waals surface area contributed by atoms with Gasteiger partial charge in [-0.3, -0.25) is 9.36 Å². The molecule has 0 N–H and O–H groups in total. The zero-order valence-corrected chi connectivity index (χ0v) is 14.2. The van der Waals surface area contributed by atoms with E-state index in [0.717, 1.165) is 0 Å². The number of ether oxygens (including phenoxy) is 2. The minimum atomic E-state index is -2.71. The van der Waals surface area contributed by atoms with Crippen LogP contribution in [0.3, 0.4) is 0 Å². The molecule has 134 valence electrons. The quantitative estimate of drug-likeness (QED) is 0.827. The molecule has 2 heterocycles. The van der Waals surface area contributed by atoms with E-state index in [0.29, 0.717) is 35.7 Å². The molecule has 1 aliphatic rings. The smallest absolute Gasteiger partial charge is 0.319 e. The van der Waals surface area contributed by atoms with Crippen molar-refractivity contribution in [3.63, 3.8) is 0 Å². The van der Waals surface area contributed by atoms with Gasteiger partial charge >= 0.3 is 6.55 Å². The van der Waals surface area contributed by atoms with Gasteiger partial charge in [-0.25, -0.2) is 4.98 Å². The van der Waals surface area contributed by atoms with Crippen LogP contribution < -0.4 is 9.47 Å². The van der Waals surface area contributed by atoms with Crippen molar-refractivity contribution in [3.05, 3.63) is 40.9 Å². The molecule has 1 aliphatic heterocycles. The lowest BCUT2D eigenvalue weighted by molar-refractivity contribution is 0.0612. The van der Waals surface area contributed by atoms with Gasteiger partial charge in [0.05, 0.1) is 24.8 Å². The zero-order chi connectivity index (χ0) is 18.0. The molecule has 0 atom stereocenters. The van der Waals surface area contributed by atoms with Gasteiger partial charge in [0, 0.05) is 31.4 Å². The maximum absolute atomic E-state index is 12.9. The third-order valence-electron chi connectivity index (χ3n) is 3.73. The summed E-state index contributed by atoms with van der Waals surface area (Å²) < 4.78 is 37.6. The fraction of sp³-hybridized carbons (Fsp3) is 0.375. The molecule has 0 saturated carbocycles. The Bertz CT molecular complexity index is 782. The molecule has 0 spiro atoms. The summed E-state index contributed by atoms with van der Waals surface area (Å²) in [6, 6.07) is 3.03. The predicted octanol–water partition coefficient (Wildman–Crippen LogP) is 3.37. The summed E-state index contributed by atoms with van der Waals surface area (Å²) in [6.45, 7) is -1.84. The lowest BCUT2D eigenvalue weighted by Crippen LogP contribution is -2.28. The SMILES string of the molecule is CN(Cc1nccn1C(F)F)C(=O)c1cc(Cl)c2c(c1)OCCCO2. The number of carbonyl (C=O) groups is 1. The summed E-state index contributed by atoms with van der Waals surface area (Å²) in [6.07, 6.45) is 3.15. The van der Waals surface area contributed by atoms with E-state index in [1.54, 1.807) is 6.07 Å². The Morgan fingerprint density at radius 1 is 1.40 bits per heavy atom. The number of alkyl halides is 2. The number of imidazole rings is 1. The van der Waals surface area contributed by atoms with E-state index in [4.69, 9.17) is 21.1 Å². The number of amides is 1. The average molecular weight is 372 g/mol. The molecule has 1 amide bonds. The Kier molecular flexibility index (Phi) is 5.08. The second-order valence-electron chi connectivity index (χ2n) is 5.53. The minimum Gasteiger partial charge on any atom is -0.489 e. The normalized spacial score (nSPS) is 13.6. The topological polar surface area (TPSA) is 56.6 Å². The number of carbonyl (C=O) groups excluding carboxylic acids is 1. The Morgan fingerprint density at radius 3 is 2.92 bits per heavy atom. The summed E-state index contributed by atoms with van der Waals surface area (Å²) in [5, 5.41) is 0.269. The lowest BCUT2D eigenvalue weighted by atomic mass is 10.1. The van der Waals surface area contributed by atoms with E-state index < -0.39 is 6.55 Å². The molecule has 1 aromatic carbocycles. The van der Waals surface area contributed by atoms with Crippen LogP contribution >= 0.6 is 11.6 Å². The molecule has 9 heteroatoms. The first-order valence-corrected chi connectivity index (χ1v) is 7.99.